The molecule has 0 saturated carbocycles. The molecule has 2 fully saturated rings. The van der Waals surface area contributed by atoms with Gasteiger partial charge in [0.25, 0.3) is 0 Å². The number of anilines is 1. The van der Waals surface area contributed by atoms with Gasteiger partial charge in [0, 0.05) is 35.6 Å². The maximum atomic E-state index is 13.1. The molecule has 1 aromatic rings. The van der Waals surface area contributed by atoms with Crippen molar-refractivity contribution >= 4 is 35.1 Å². The Balaban J connectivity index is 1.88. The van der Waals surface area contributed by atoms with Crippen LogP contribution in [0, 0.1) is 10.8 Å². The number of likely N-dealkylation sites (tertiary alicyclic amines) is 1. The molecule has 2 N–H and O–H groups in total. The summed E-state index contributed by atoms with van der Waals surface area (Å²) in [5, 5.41) is 0.545. The molecule has 2 aliphatic rings. The van der Waals surface area contributed by atoms with Crippen LogP contribution in [-0.2, 0) is 19.1 Å². The summed E-state index contributed by atoms with van der Waals surface area (Å²) in [6.45, 7) is 6.35. The van der Waals surface area contributed by atoms with Crippen LogP contribution in [0.1, 0.15) is 33.6 Å². The van der Waals surface area contributed by atoms with E-state index >= 15 is 0 Å². The lowest BCUT2D eigenvalue weighted by atomic mass is 9.84. The number of nitrogens with two attached hydrogens (primary N) is 1. The number of methoxy groups -OCH3 is 1. The Labute approximate surface area is 176 Å². The summed E-state index contributed by atoms with van der Waals surface area (Å²) >= 11 is 6.08. The second-order valence-corrected chi connectivity index (χ2v) is 9.63. The van der Waals surface area contributed by atoms with Crippen molar-refractivity contribution in [3.8, 4) is 0 Å². The lowest BCUT2D eigenvalue weighted by molar-refractivity contribution is -0.152. The minimum atomic E-state index is -0.758. The Bertz CT molecular complexity index is 837. The number of ether oxygens (including phenoxy) is 1. The van der Waals surface area contributed by atoms with Crippen molar-refractivity contribution in [1.29, 1.82) is 0 Å². The van der Waals surface area contributed by atoms with Crippen molar-refractivity contribution in [2.75, 3.05) is 25.1 Å². The molecule has 158 valence electrons. The van der Waals surface area contributed by atoms with Crippen LogP contribution in [0.4, 0.5) is 5.69 Å². The molecule has 29 heavy (non-hydrogen) atoms. The molecule has 2 amide bonds. The van der Waals surface area contributed by atoms with E-state index in [1.54, 1.807) is 23.1 Å². The zero-order chi connectivity index (χ0) is 21.6. The first-order valence-corrected chi connectivity index (χ1v) is 10.0. The van der Waals surface area contributed by atoms with Crippen molar-refractivity contribution in [2.45, 2.75) is 45.7 Å². The van der Waals surface area contributed by atoms with Gasteiger partial charge in [-0.05, 0) is 30.0 Å². The minimum absolute atomic E-state index is 0.0506. The number of esters is 1. The minimum Gasteiger partial charge on any atom is -0.467 e. The molecule has 3 atom stereocenters. The van der Waals surface area contributed by atoms with Crippen LogP contribution < -0.4 is 10.6 Å². The highest BCUT2D eigenvalue weighted by atomic mass is 35.5. The second kappa shape index (κ2) is 7.61. The smallest absolute Gasteiger partial charge is 0.328 e. The van der Waals surface area contributed by atoms with Gasteiger partial charge in [-0.25, -0.2) is 4.79 Å². The van der Waals surface area contributed by atoms with Crippen molar-refractivity contribution in [3.63, 3.8) is 0 Å². The van der Waals surface area contributed by atoms with E-state index in [-0.39, 0.29) is 24.8 Å². The van der Waals surface area contributed by atoms with Gasteiger partial charge in [-0.3, -0.25) is 9.59 Å². The van der Waals surface area contributed by atoms with E-state index in [0.717, 1.165) is 0 Å². The Morgan fingerprint density at radius 2 is 2.00 bits per heavy atom. The number of hydrogen-bond acceptors (Lipinski definition) is 5. The fraction of sp³-hybridized carbons (Fsp3) is 0.571. The number of halogens is 1. The van der Waals surface area contributed by atoms with E-state index in [2.05, 4.69) is 0 Å². The molecule has 2 saturated heterocycles. The third-order valence-electron chi connectivity index (χ3n) is 5.90. The van der Waals surface area contributed by atoms with E-state index in [1.807, 2.05) is 26.8 Å². The molecule has 0 radical (unpaired) electrons. The average molecular weight is 422 g/mol. The molecule has 0 unspecified atom stereocenters. The maximum absolute atomic E-state index is 13.1. The summed E-state index contributed by atoms with van der Waals surface area (Å²) in [6, 6.07) is 5.61. The first-order chi connectivity index (χ1) is 13.5. The van der Waals surface area contributed by atoms with Crippen molar-refractivity contribution in [3.05, 3.63) is 29.3 Å². The normalized spacial score (nSPS) is 25.6. The number of benzene rings is 1. The highest BCUT2D eigenvalue weighted by molar-refractivity contribution is 6.30. The molecule has 8 heteroatoms. The molecule has 1 spiro atoms. The van der Waals surface area contributed by atoms with Crippen LogP contribution in [0.25, 0.3) is 0 Å². The molecule has 0 aliphatic carbocycles. The molecule has 2 heterocycles. The van der Waals surface area contributed by atoms with E-state index in [4.69, 9.17) is 22.1 Å². The van der Waals surface area contributed by atoms with E-state index < -0.39 is 28.9 Å². The number of carbonyl (C=O) groups is 3. The topological polar surface area (TPSA) is 92.9 Å². The van der Waals surface area contributed by atoms with Crippen molar-refractivity contribution in [2.24, 2.45) is 16.6 Å². The van der Waals surface area contributed by atoms with Crippen LogP contribution >= 0.6 is 11.6 Å². The summed E-state index contributed by atoms with van der Waals surface area (Å²) in [5.74, 6) is -0.825. The monoisotopic (exact) mass is 421 g/mol. The Morgan fingerprint density at radius 3 is 2.59 bits per heavy atom. The van der Waals surface area contributed by atoms with Gasteiger partial charge in [0.05, 0.1) is 13.2 Å². The van der Waals surface area contributed by atoms with E-state index in [9.17, 15) is 14.4 Å². The standard InChI is InChI=1S/C21H28ClN3O4/c1-20(2,3)17(23)18(27)25-12-21(9-15(25)19(28)29-4)10-16(26)24(11-21)14-7-5-6-13(22)8-14/h5-8,15,17H,9-12,23H2,1-4H3/t15-,17+,21-/m0/s1. The van der Waals surface area contributed by atoms with Gasteiger partial charge in [0.2, 0.25) is 11.8 Å². The highest BCUT2D eigenvalue weighted by Crippen LogP contribution is 2.45. The van der Waals surface area contributed by atoms with Crippen LogP contribution in [-0.4, -0.2) is 55.0 Å². The van der Waals surface area contributed by atoms with E-state index in [1.165, 1.54) is 12.0 Å². The molecular weight excluding hydrogens is 394 g/mol. The SMILES string of the molecule is COC(=O)[C@@H]1C[C@@]2(CC(=O)N(c3cccc(Cl)c3)C2)CN1C(=O)[C@@H](N)C(C)(C)C. The largest absolute Gasteiger partial charge is 0.467 e. The number of hydrogen-bond donors (Lipinski definition) is 1. The third-order valence-corrected chi connectivity index (χ3v) is 6.14. The van der Waals surface area contributed by atoms with Crippen molar-refractivity contribution < 1.29 is 19.1 Å². The molecule has 7 nitrogen and oxygen atoms in total. The molecule has 0 bridgehead atoms. The summed E-state index contributed by atoms with van der Waals surface area (Å²) in [4.78, 5) is 41.6. The van der Waals surface area contributed by atoms with Crippen LogP contribution in [0.3, 0.4) is 0 Å². The second-order valence-electron chi connectivity index (χ2n) is 9.19. The quantitative estimate of drug-likeness (QED) is 0.755. The Kier molecular flexibility index (Phi) is 5.66. The summed E-state index contributed by atoms with van der Waals surface area (Å²) < 4.78 is 4.95. The fourth-order valence-electron chi connectivity index (χ4n) is 4.20. The third kappa shape index (κ3) is 4.12. The number of rotatable bonds is 3. The van der Waals surface area contributed by atoms with Crippen LogP contribution in [0.5, 0.6) is 0 Å². The molecular formula is C21H28ClN3O4. The Hall–Kier alpha value is -2.12. The van der Waals surface area contributed by atoms with Gasteiger partial charge in [-0.15, -0.1) is 0 Å². The summed E-state index contributed by atoms with van der Waals surface area (Å²) in [5.41, 5.74) is 5.93. The predicted octanol–water partition coefficient (Wildman–Crippen LogP) is 2.21. The Morgan fingerprint density at radius 1 is 1.31 bits per heavy atom. The fourth-order valence-corrected chi connectivity index (χ4v) is 4.39. The predicted molar refractivity (Wildman–Crippen MR) is 110 cm³/mol. The van der Waals surface area contributed by atoms with Crippen LogP contribution in [0.2, 0.25) is 5.02 Å². The first kappa shape index (κ1) is 21.6. The highest BCUT2D eigenvalue weighted by Gasteiger charge is 2.55. The van der Waals surface area contributed by atoms with Gasteiger partial charge in [0.15, 0.2) is 0 Å². The molecule has 0 aromatic heterocycles. The molecule has 3 rings (SSSR count). The zero-order valence-corrected chi connectivity index (χ0v) is 18.0. The lowest BCUT2D eigenvalue weighted by Crippen LogP contribution is -2.53. The van der Waals surface area contributed by atoms with Crippen LogP contribution in [0.15, 0.2) is 24.3 Å². The maximum Gasteiger partial charge on any atom is 0.328 e. The van der Waals surface area contributed by atoms with Gasteiger partial charge in [-0.1, -0.05) is 38.4 Å². The molecule has 2 aliphatic heterocycles. The number of amides is 2. The van der Waals surface area contributed by atoms with E-state index in [0.29, 0.717) is 23.7 Å². The average Bonchev–Trinajstić information content (AvgIpc) is 3.18. The van der Waals surface area contributed by atoms with Gasteiger partial charge < -0.3 is 20.3 Å². The summed E-state index contributed by atoms with van der Waals surface area (Å²) in [7, 11) is 1.30. The number of nitrogens with zero attached hydrogens (tertiary/aromatic N) is 2. The van der Waals surface area contributed by atoms with Gasteiger partial charge in [-0.2, -0.15) is 0 Å². The summed E-state index contributed by atoms with van der Waals surface area (Å²) in [6.07, 6.45) is 0.618. The zero-order valence-electron chi connectivity index (χ0n) is 17.3. The molecule has 1 aromatic carbocycles. The first-order valence-electron chi connectivity index (χ1n) is 9.67. The van der Waals surface area contributed by atoms with Gasteiger partial charge >= 0.3 is 5.97 Å². The van der Waals surface area contributed by atoms with Crippen molar-refractivity contribution in [1.82, 2.24) is 4.90 Å². The van der Waals surface area contributed by atoms with Gasteiger partial charge in [0.1, 0.15) is 6.04 Å². The number of carbonyl (C=O) groups excluding carboxylic acids is 3. The lowest BCUT2D eigenvalue weighted by Gasteiger charge is -2.32.